The lowest BCUT2D eigenvalue weighted by Gasteiger charge is -2.24. The van der Waals surface area contributed by atoms with Crippen molar-refractivity contribution >= 4 is 22.9 Å². The second-order valence-electron chi connectivity index (χ2n) is 6.85. The zero-order chi connectivity index (χ0) is 24.0. The first-order valence-electron chi connectivity index (χ1n) is 9.86. The van der Waals surface area contributed by atoms with E-state index in [1.54, 1.807) is 13.2 Å². The van der Waals surface area contributed by atoms with E-state index < -0.39 is 16.5 Å². The lowest BCUT2D eigenvalue weighted by Crippen LogP contribution is -2.30. The molecule has 10 heteroatoms. The van der Waals surface area contributed by atoms with Crippen LogP contribution in [0.4, 0.5) is 5.69 Å². The Morgan fingerprint density at radius 1 is 0.939 bits per heavy atom. The van der Waals surface area contributed by atoms with Crippen molar-refractivity contribution in [3.05, 3.63) is 74.0 Å². The SMILES string of the molecule is COc1ccccc1CN(Cc1cccs1)C(=O)c1cc(OC)c(OC)c(OC)c1[N+](=O)[O-]. The van der Waals surface area contributed by atoms with E-state index in [1.807, 2.05) is 35.7 Å². The van der Waals surface area contributed by atoms with Gasteiger partial charge in [0.1, 0.15) is 11.3 Å². The third-order valence-corrected chi connectivity index (χ3v) is 5.85. The Hall–Kier alpha value is -3.79. The molecular formula is C23H24N2O7S. The summed E-state index contributed by atoms with van der Waals surface area (Å²) in [5, 5.41) is 13.9. The number of nitro groups is 1. The molecule has 1 heterocycles. The van der Waals surface area contributed by atoms with Gasteiger partial charge in [0.2, 0.25) is 11.5 Å². The number of carbonyl (C=O) groups is 1. The summed E-state index contributed by atoms with van der Waals surface area (Å²) >= 11 is 1.49. The maximum atomic E-state index is 13.8. The van der Waals surface area contributed by atoms with Gasteiger partial charge in [-0.1, -0.05) is 24.3 Å². The number of carbonyl (C=O) groups excluding carboxylic acids is 1. The van der Waals surface area contributed by atoms with Crippen molar-refractivity contribution in [1.82, 2.24) is 4.90 Å². The fourth-order valence-corrected chi connectivity index (χ4v) is 4.20. The van der Waals surface area contributed by atoms with Crippen molar-refractivity contribution in [3.63, 3.8) is 0 Å². The van der Waals surface area contributed by atoms with Crippen LogP contribution in [0.25, 0.3) is 0 Å². The molecule has 33 heavy (non-hydrogen) atoms. The van der Waals surface area contributed by atoms with E-state index >= 15 is 0 Å². The molecule has 9 nitrogen and oxygen atoms in total. The van der Waals surface area contributed by atoms with Gasteiger partial charge in [-0.3, -0.25) is 14.9 Å². The Morgan fingerprint density at radius 2 is 1.64 bits per heavy atom. The van der Waals surface area contributed by atoms with Gasteiger partial charge >= 0.3 is 5.69 Å². The van der Waals surface area contributed by atoms with Crippen LogP contribution >= 0.6 is 11.3 Å². The Bertz CT molecular complexity index is 1130. The van der Waals surface area contributed by atoms with Gasteiger partial charge in [-0.25, -0.2) is 0 Å². The molecule has 0 saturated heterocycles. The Morgan fingerprint density at radius 3 is 2.21 bits per heavy atom. The van der Waals surface area contributed by atoms with Crippen LogP contribution in [0.2, 0.25) is 0 Å². The molecule has 0 fully saturated rings. The summed E-state index contributed by atoms with van der Waals surface area (Å²) in [6.07, 6.45) is 0. The van der Waals surface area contributed by atoms with Crippen LogP contribution in [0.1, 0.15) is 20.8 Å². The summed E-state index contributed by atoms with van der Waals surface area (Å²) in [5.74, 6) is 0.0640. The van der Waals surface area contributed by atoms with Gasteiger partial charge in [-0.2, -0.15) is 0 Å². The molecule has 0 saturated carbocycles. The average Bonchev–Trinajstić information content (AvgIpc) is 3.34. The van der Waals surface area contributed by atoms with Crippen LogP contribution in [0.5, 0.6) is 23.0 Å². The molecule has 3 aromatic rings. The molecule has 2 aromatic carbocycles. The number of thiophene rings is 1. The van der Waals surface area contributed by atoms with E-state index in [2.05, 4.69) is 0 Å². The number of ether oxygens (including phenoxy) is 4. The van der Waals surface area contributed by atoms with Gasteiger partial charge in [0.05, 0.1) is 46.5 Å². The molecule has 0 unspecified atom stereocenters. The lowest BCUT2D eigenvalue weighted by atomic mass is 10.1. The van der Waals surface area contributed by atoms with Crippen LogP contribution in [0, 0.1) is 10.1 Å². The number of rotatable bonds is 10. The maximum absolute atomic E-state index is 13.8. The zero-order valence-electron chi connectivity index (χ0n) is 18.7. The molecule has 0 radical (unpaired) electrons. The third kappa shape index (κ3) is 5.01. The van der Waals surface area contributed by atoms with Crippen molar-refractivity contribution in [1.29, 1.82) is 0 Å². The monoisotopic (exact) mass is 472 g/mol. The average molecular weight is 473 g/mol. The van der Waals surface area contributed by atoms with Crippen LogP contribution in [-0.2, 0) is 13.1 Å². The molecule has 0 bridgehead atoms. The Labute approximate surface area is 195 Å². The third-order valence-electron chi connectivity index (χ3n) is 4.98. The summed E-state index contributed by atoms with van der Waals surface area (Å²) < 4.78 is 21.3. The lowest BCUT2D eigenvalue weighted by molar-refractivity contribution is -0.386. The van der Waals surface area contributed by atoms with E-state index in [1.165, 1.54) is 43.6 Å². The second-order valence-corrected chi connectivity index (χ2v) is 7.88. The van der Waals surface area contributed by atoms with Crippen molar-refractivity contribution in [3.8, 4) is 23.0 Å². The molecule has 1 aromatic heterocycles. The minimum absolute atomic E-state index is 0.0396. The number of nitrogens with zero attached hydrogens (tertiary/aromatic N) is 2. The number of methoxy groups -OCH3 is 4. The normalized spacial score (nSPS) is 10.4. The Kier molecular flexibility index (Phi) is 7.73. The van der Waals surface area contributed by atoms with Crippen molar-refractivity contribution in [2.45, 2.75) is 13.1 Å². The summed E-state index contributed by atoms with van der Waals surface area (Å²) in [6.45, 7) is 0.428. The van der Waals surface area contributed by atoms with Gasteiger partial charge < -0.3 is 23.8 Å². The van der Waals surface area contributed by atoms with Crippen molar-refractivity contribution < 1.29 is 28.7 Å². The summed E-state index contributed by atoms with van der Waals surface area (Å²) in [4.78, 5) is 27.6. The number of benzene rings is 2. The largest absolute Gasteiger partial charge is 0.496 e. The highest BCUT2D eigenvalue weighted by Gasteiger charge is 2.34. The molecule has 0 N–H and O–H groups in total. The zero-order valence-corrected chi connectivity index (χ0v) is 19.5. The molecule has 0 aliphatic carbocycles. The summed E-state index contributed by atoms with van der Waals surface area (Å²) in [7, 11) is 5.55. The fourth-order valence-electron chi connectivity index (χ4n) is 3.49. The number of para-hydroxylation sites is 1. The first kappa shape index (κ1) is 23.9. The smallest absolute Gasteiger partial charge is 0.327 e. The minimum atomic E-state index is -0.652. The first-order chi connectivity index (χ1) is 15.9. The highest BCUT2D eigenvalue weighted by Crippen LogP contribution is 2.46. The number of hydrogen-bond donors (Lipinski definition) is 0. The minimum Gasteiger partial charge on any atom is -0.496 e. The summed E-state index contributed by atoms with van der Waals surface area (Å²) in [6, 6.07) is 12.4. The van der Waals surface area contributed by atoms with E-state index in [0.717, 1.165) is 10.4 Å². The number of hydrogen-bond acceptors (Lipinski definition) is 8. The van der Waals surface area contributed by atoms with Gasteiger partial charge in [-0.05, 0) is 17.5 Å². The predicted octanol–water partition coefficient (Wildman–Crippen LogP) is 4.53. The maximum Gasteiger partial charge on any atom is 0.327 e. The molecule has 0 aliphatic heterocycles. The van der Waals surface area contributed by atoms with E-state index in [9.17, 15) is 14.9 Å². The Balaban J connectivity index is 2.14. The highest BCUT2D eigenvalue weighted by atomic mass is 32.1. The second kappa shape index (κ2) is 10.7. The van der Waals surface area contributed by atoms with Gasteiger partial charge in [0, 0.05) is 16.5 Å². The van der Waals surface area contributed by atoms with Crippen LogP contribution in [0.15, 0.2) is 47.8 Å². The van der Waals surface area contributed by atoms with Gasteiger partial charge in [0.25, 0.3) is 5.91 Å². The topological polar surface area (TPSA) is 100 Å². The number of nitro benzene ring substituents is 1. The van der Waals surface area contributed by atoms with E-state index in [-0.39, 0.29) is 35.9 Å². The predicted molar refractivity (Wildman–Crippen MR) is 124 cm³/mol. The first-order valence-corrected chi connectivity index (χ1v) is 10.7. The van der Waals surface area contributed by atoms with Crippen LogP contribution in [-0.4, -0.2) is 44.2 Å². The molecule has 0 aliphatic rings. The van der Waals surface area contributed by atoms with Crippen LogP contribution in [0.3, 0.4) is 0 Å². The quantitative estimate of drug-likeness (QED) is 0.316. The van der Waals surface area contributed by atoms with Crippen molar-refractivity contribution in [2.75, 3.05) is 28.4 Å². The molecule has 3 rings (SSSR count). The molecule has 0 spiro atoms. The molecule has 0 atom stereocenters. The standard InChI is InChI=1S/C23H24N2O7S/c1-29-18-10-6-5-8-15(18)13-24(14-16-9-7-11-33-16)23(26)17-12-19(30-2)21(31-3)22(32-4)20(17)25(27)28/h5-12H,13-14H2,1-4H3. The molecular weight excluding hydrogens is 448 g/mol. The van der Waals surface area contributed by atoms with Gasteiger partial charge in [0.15, 0.2) is 5.75 Å². The highest BCUT2D eigenvalue weighted by molar-refractivity contribution is 7.09. The van der Waals surface area contributed by atoms with E-state index in [0.29, 0.717) is 5.75 Å². The van der Waals surface area contributed by atoms with Crippen LogP contribution < -0.4 is 18.9 Å². The molecule has 174 valence electrons. The number of amides is 1. The van der Waals surface area contributed by atoms with E-state index in [4.69, 9.17) is 18.9 Å². The fraction of sp³-hybridized carbons (Fsp3) is 0.261. The van der Waals surface area contributed by atoms with Crippen molar-refractivity contribution in [2.24, 2.45) is 0 Å². The summed E-state index contributed by atoms with van der Waals surface area (Å²) in [5.41, 5.74) is 0.109. The molecule has 1 amide bonds. The van der Waals surface area contributed by atoms with Gasteiger partial charge in [-0.15, -0.1) is 11.3 Å².